The number of allylic oxidation sites excluding steroid dienone is 4. The Kier molecular flexibility index (Phi) is 31.3. The van der Waals surface area contributed by atoms with Gasteiger partial charge in [0.15, 0.2) is 5.78 Å². The number of ketones is 2. The summed E-state index contributed by atoms with van der Waals surface area (Å²) < 4.78 is 0. The van der Waals surface area contributed by atoms with Gasteiger partial charge in [0.05, 0.1) is 5.92 Å². The Morgan fingerprint density at radius 2 is 0.848 bits per heavy atom. The second-order valence-corrected chi connectivity index (χ2v) is 14.1. The van der Waals surface area contributed by atoms with Gasteiger partial charge in [-0.1, -0.05) is 141 Å². The van der Waals surface area contributed by atoms with Crippen molar-refractivity contribution < 1.29 is 19.8 Å². The highest BCUT2D eigenvalue weighted by atomic mass is 16.5. The molecular weight excluding hydrogens is 570 g/mol. The van der Waals surface area contributed by atoms with E-state index in [4.69, 9.17) is 0 Å². The summed E-state index contributed by atoms with van der Waals surface area (Å²) in [6.45, 7) is 4.67. The Morgan fingerprint density at radius 3 is 1.22 bits per heavy atom. The van der Waals surface area contributed by atoms with Gasteiger partial charge in [-0.3, -0.25) is 9.59 Å². The summed E-state index contributed by atoms with van der Waals surface area (Å²) in [6, 6.07) is 0. The van der Waals surface area contributed by atoms with Crippen LogP contribution < -0.4 is 0 Å². The van der Waals surface area contributed by atoms with E-state index in [-0.39, 0.29) is 18.7 Å². The zero-order valence-corrected chi connectivity index (χ0v) is 31.1. The van der Waals surface area contributed by atoms with Crippen molar-refractivity contribution >= 4 is 11.6 Å². The molecular formula is C41H77NO4. The normalized spacial score (nSPS) is 13.0. The zero-order chi connectivity index (χ0) is 34.1. The molecule has 0 amide bonds. The molecule has 1 unspecified atom stereocenters. The average Bonchev–Trinajstić information content (AvgIpc) is 3.03. The third-order valence-electron chi connectivity index (χ3n) is 9.18. The minimum absolute atomic E-state index is 0.107. The fourth-order valence-electron chi connectivity index (χ4n) is 6.10. The minimum Gasteiger partial charge on any atom is -0.359 e. The standard InChI is InChI=1S/C41H77NO4/c1-5-7-9-11-13-15-17-19-21-23-25-27-29-31-33-35-39(43)38(37-42(3)4)41(45,46)40(44)36-34-32-30-28-26-24-22-20-18-16-14-12-10-8-6-2/h19-22,38,45-46H,5-18,23-37H2,1-4H3. The van der Waals surface area contributed by atoms with E-state index >= 15 is 0 Å². The predicted octanol–water partition coefficient (Wildman–Crippen LogP) is 11.1. The molecule has 0 aromatic rings. The van der Waals surface area contributed by atoms with Gasteiger partial charge < -0.3 is 15.1 Å². The highest BCUT2D eigenvalue weighted by Crippen LogP contribution is 2.24. The van der Waals surface area contributed by atoms with Crippen LogP contribution >= 0.6 is 0 Å². The van der Waals surface area contributed by atoms with Crippen LogP contribution in [0, 0.1) is 5.92 Å². The maximum Gasteiger partial charge on any atom is 0.235 e. The van der Waals surface area contributed by atoms with Crippen molar-refractivity contribution in [2.45, 2.75) is 199 Å². The van der Waals surface area contributed by atoms with Gasteiger partial charge in [0.1, 0.15) is 5.78 Å². The number of nitrogens with zero attached hydrogens (tertiary/aromatic N) is 1. The first kappa shape index (κ1) is 44.7. The molecule has 0 aliphatic heterocycles. The van der Waals surface area contributed by atoms with Crippen molar-refractivity contribution in [3.8, 4) is 0 Å². The first-order chi connectivity index (χ1) is 22.3. The Bertz CT molecular complexity index is 758. The Labute approximate surface area is 286 Å². The van der Waals surface area contributed by atoms with Gasteiger partial charge in [0.2, 0.25) is 5.79 Å². The lowest BCUT2D eigenvalue weighted by molar-refractivity contribution is -0.205. The molecule has 46 heavy (non-hydrogen) atoms. The maximum absolute atomic E-state index is 13.1. The van der Waals surface area contributed by atoms with Crippen molar-refractivity contribution in [1.82, 2.24) is 4.90 Å². The zero-order valence-electron chi connectivity index (χ0n) is 31.1. The van der Waals surface area contributed by atoms with Crippen LogP contribution in [-0.2, 0) is 9.59 Å². The number of carbonyl (C=O) groups is 2. The molecule has 0 aromatic heterocycles. The van der Waals surface area contributed by atoms with Crippen molar-refractivity contribution in [1.29, 1.82) is 0 Å². The molecule has 0 saturated carbocycles. The maximum atomic E-state index is 13.1. The van der Waals surface area contributed by atoms with Crippen LogP contribution in [0.3, 0.4) is 0 Å². The molecule has 0 aromatic carbocycles. The molecule has 0 spiro atoms. The molecule has 0 bridgehead atoms. The van der Waals surface area contributed by atoms with Crippen molar-refractivity contribution in [2.24, 2.45) is 5.92 Å². The number of hydrogen-bond donors (Lipinski definition) is 2. The number of rotatable bonds is 35. The lowest BCUT2D eigenvalue weighted by atomic mass is 9.86. The number of Topliss-reactive ketones (excluding diaryl/α,β-unsaturated/α-hetero) is 2. The van der Waals surface area contributed by atoms with Gasteiger partial charge in [0, 0.05) is 19.4 Å². The van der Waals surface area contributed by atoms with Crippen LogP contribution in [-0.4, -0.2) is 53.1 Å². The van der Waals surface area contributed by atoms with Crippen LogP contribution in [0.2, 0.25) is 0 Å². The van der Waals surface area contributed by atoms with Crippen LogP contribution in [0.1, 0.15) is 194 Å². The molecule has 0 fully saturated rings. The topological polar surface area (TPSA) is 77.8 Å². The van der Waals surface area contributed by atoms with E-state index in [0.29, 0.717) is 12.8 Å². The summed E-state index contributed by atoms with van der Waals surface area (Å²) in [4.78, 5) is 27.7. The molecule has 0 aliphatic carbocycles. The van der Waals surface area contributed by atoms with Gasteiger partial charge in [-0.25, -0.2) is 0 Å². The van der Waals surface area contributed by atoms with Crippen LogP contribution in [0.4, 0.5) is 0 Å². The molecule has 1 atom stereocenters. The Morgan fingerprint density at radius 1 is 0.522 bits per heavy atom. The highest BCUT2D eigenvalue weighted by molar-refractivity contribution is 5.93. The van der Waals surface area contributed by atoms with Gasteiger partial charge >= 0.3 is 0 Å². The number of aliphatic hydroxyl groups is 2. The second kappa shape index (κ2) is 32.3. The fourth-order valence-corrected chi connectivity index (χ4v) is 6.10. The Hall–Kier alpha value is -1.30. The van der Waals surface area contributed by atoms with Crippen LogP contribution in [0.5, 0.6) is 0 Å². The third-order valence-corrected chi connectivity index (χ3v) is 9.18. The van der Waals surface area contributed by atoms with E-state index in [2.05, 4.69) is 38.2 Å². The molecule has 0 aliphatic rings. The fraction of sp³-hybridized carbons (Fsp3) is 0.854. The largest absolute Gasteiger partial charge is 0.359 e. The van der Waals surface area contributed by atoms with Crippen molar-refractivity contribution in [2.75, 3.05) is 20.6 Å². The summed E-state index contributed by atoms with van der Waals surface area (Å²) >= 11 is 0. The van der Waals surface area contributed by atoms with Crippen molar-refractivity contribution in [3.63, 3.8) is 0 Å². The van der Waals surface area contributed by atoms with Crippen LogP contribution in [0.25, 0.3) is 0 Å². The highest BCUT2D eigenvalue weighted by Gasteiger charge is 2.45. The second-order valence-electron chi connectivity index (χ2n) is 14.1. The molecule has 270 valence electrons. The van der Waals surface area contributed by atoms with Gasteiger partial charge in [-0.05, 0) is 78.3 Å². The first-order valence-electron chi connectivity index (χ1n) is 19.7. The minimum atomic E-state index is -2.59. The van der Waals surface area contributed by atoms with E-state index in [1.165, 1.54) is 96.3 Å². The lowest BCUT2D eigenvalue weighted by Gasteiger charge is -2.31. The molecule has 5 heteroatoms. The Balaban J connectivity index is 4.12. The number of unbranched alkanes of at least 4 members (excludes halogenated alkanes) is 22. The molecule has 0 radical (unpaired) electrons. The summed E-state index contributed by atoms with van der Waals surface area (Å²) in [5.74, 6) is -4.52. The molecule has 0 heterocycles. The van der Waals surface area contributed by atoms with E-state index in [1.807, 2.05) is 0 Å². The summed E-state index contributed by atoms with van der Waals surface area (Å²) in [7, 11) is 3.60. The molecule has 0 saturated heterocycles. The van der Waals surface area contributed by atoms with Gasteiger partial charge in [-0.2, -0.15) is 0 Å². The monoisotopic (exact) mass is 648 g/mol. The van der Waals surface area contributed by atoms with Gasteiger partial charge in [0.25, 0.3) is 0 Å². The lowest BCUT2D eigenvalue weighted by Crippen LogP contribution is -2.52. The quantitative estimate of drug-likeness (QED) is 0.0406. The van der Waals surface area contributed by atoms with E-state index in [1.54, 1.807) is 19.0 Å². The van der Waals surface area contributed by atoms with Crippen LogP contribution in [0.15, 0.2) is 24.3 Å². The summed E-state index contributed by atoms with van der Waals surface area (Å²) in [5, 5.41) is 21.7. The summed E-state index contributed by atoms with van der Waals surface area (Å²) in [5.41, 5.74) is 0. The van der Waals surface area contributed by atoms with E-state index in [0.717, 1.165) is 64.2 Å². The van der Waals surface area contributed by atoms with Gasteiger partial charge in [-0.15, -0.1) is 0 Å². The van der Waals surface area contributed by atoms with E-state index < -0.39 is 17.5 Å². The SMILES string of the molecule is CCCCCCCCC=CCCCCCCCC(=O)C(CN(C)C)C(O)(O)C(=O)CCCCCCCC=CCCCCCCCC. The van der Waals surface area contributed by atoms with E-state index in [9.17, 15) is 19.8 Å². The molecule has 5 nitrogen and oxygen atoms in total. The predicted molar refractivity (Wildman–Crippen MR) is 198 cm³/mol. The third kappa shape index (κ3) is 26.7. The number of carbonyl (C=O) groups excluding carboxylic acids is 2. The van der Waals surface area contributed by atoms with Crippen molar-refractivity contribution in [3.05, 3.63) is 24.3 Å². The first-order valence-corrected chi connectivity index (χ1v) is 19.7. The number of hydrogen-bond acceptors (Lipinski definition) is 5. The average molecular weight is 648 g/mol. The molecule has 0 rings (SSSR count). The molecule has 2 N–H and O–H groups in total. The summed E-state index contributed by atoms with van der Waals surface area (Å²) in [6.07, 6.45) is 40.3. The smallest absolute Gasteiger partial charge is 0.235 e.